The molecule has 0 aliphatic heterocycles. The molecule has 5 heteroatoms. The molecular formula is C10H14N4O. The van der Waals surface area contributed by atoms with Crippen molar-refractivity contribution in [2.75, 3.05) is 18.5 Å². The summed E-state index contributed by atoms with van der Waals surface area (Å²) in [6.45, 7) is 2.51. The summed E-state index contributed by atoms with van der Waals surface area (Å²) in [7, 11) is 1.82. The third-order valence-electron chi connectivity index (χ3n) is 2.06. The van der Waals surface area contributed by atoms with Gasteiger partial charge in [0.15, 0.2) is 0 Å². The van der Waals surface area contributed by atoms with Crippen LogP contribution in [-0.2, 0) is 6.42 Å². The summed E-state index contributed by atoms with van der Waals surface area (Å²) >= 11 is 0. The van der Waals surface area contributed by atoms with Crippen LogP contribution in [0.2, 0.25) is 0 Å². The lowest BCUT2D eigenvalue weighted by Gasteiger charge is -2.16. The zero-order chi connectivity index (χ0) is 11.3. The van der Waals surface area contributed by atoms with Crippen molar-refractivity contribution < 1.29 is 0 Å². The van der Waals surface area contributed by atoms with Crippen molar-refractivity contribution in [3.8, 4) is 6.07 Å². The fraction of sp³-hybridized carbons (Fsp3) is 0.500. The summed E-state index contributed by atoms with van der Waals surface area (Å²) in [6, 6.07) is 3.50. The Bertz CT molecular complexity index is 418. The Hall–Kier alpha value is -1.83. The van der Waals surface area contributed by atoms with Gasteiger partial charge in [-0.3, -0.25) is 4.79 Å². The van der Waals surface area contributed by atoms with Gasteiger partial charge in [-0.2, -0.15) is 5.26 Å². The van der Waals surface area contributed by atoms with Gasteiger partial charge in [0, 0.05) is 26.1 Å². The topological polar surface area (TPSA) is 72.8 Å². The van der Waals surface area contributed by atoms with Crippen molar-refractivity contribution in [3.63, 3.8) is 0 Å². The van der Waals surface area contributed by atoms with E-state index in [1.54, 1.807) is 4.90 Å². The van der Waals surface area contributed by atoms with Gasteiger partial charge >= 0.3 is 0 Å². The molecular weight excluding hydrogens is 192 g/mol. The highest BCUT2D eigenvalue weighted by Gasteiger charge is 2.04. The van der Waals surface area contributed by atoms with E-state index in [2.05, 4.69) is 16.0 Å². The number of aryl methyl sites for hydroxylation is 1. The number of nitrogens with zero attached hydrogens (tertiary/aromatic N) is 3. The number of H-pyrrole nitrogens is 1. The molecule has 15 heavy (non-hydrogen) atoms. The first kappa shape index (κ1) is 11.2. The van der Waals surface area contributed by atoms with Gasteiger partial charge < -0.3 is 9.88 Å². The van der Waals surface area contributed by atoms with Crippen molar-refractivity contribution in [1.82, 2.24) is 9.97 Å². The van der Waals surface area contributed by atoms with Gasteiger partial charge in [-0.05, 0) is 0 Å². The Kier molecular flexibility index (Phi) is 3.86. The van der Waals surface area contributed by atoms with Gasteiger partial charge in [-0.15, -0.1) is 0 Å². The quantitative estimate of drug-likeness (QED) is 0.786. The molecule has 1 aromatic rings. The van der Waals surface area contributed by atoms with E-state index >= 15 is 0 Å². The van der Waals surface area contributed by atoms with E-state index in [4.69, 9.17) is 5.26 Å². The first-order chi connectivity index (χ1) is 7.17. The molecule has 0 aromatic carbocycles. The van der Waals surface area contributed by atoms with Crippen LogP contribution in [0.25, 0.3) is 0 Å². The summed E-state index contributed by atoms with van der Waals surface area (Å²) in [5.41, 5.74) is -0.152. The van der Waals surface area contributed by atoms with Crippen LogP contribution in [0, 0.1) is 11.3 Å². The highest BCUT2D eigenvalue weighted by molar-refractivity contribution is 5.36. The van der Waals surface area contributed by atoms with Crippen LogP contribution >= 0.6 is 0 Å². The van der Waals surface area contributed by atoms with Crippen molar-refractivity contribution in [1.29, 1.82) is 5.26 Å². The maximum Gasteiger partial charge on any atom is 0.252 e. The van der Waals surface area contributed by atoms with Crippen molar-refractivity contribution in [2.24, 2.45) is 0 Å². The van der Waals surface area contributed by atoms with Crippen LogP contribution in [-0.4, -0.2) is 23.6 Å². The molecule has 0 spiro atoms. The van der Waals surface area contributed by atoms with E-state index in [1.807, 2.05) is 14.0 Å². The van der Waals surface area contributed by atoms with Crippen molar-refractivity contribution >= 4 is 5.82 Å². The van der Waals surface area contributed by atoms with Gasteiger partial charge in [0.25, 0.3) is 5.56 Å². The Morgan fingerprint density at radius 1 is 1.67 bits per heavy atom. The molecule has 0 saturated heterocycles. The Balaban J connectivity index is 2.89. The minimum Gasteiger partial charge on any atom is -0.358 e. The Labute approximate surface area is 88.4 Å². The van der Waals surface area contributed by atoms with E-state index in [1.165, 1.54) is 6.07 Å². The molecule has 5 nitrogen and oxygen atoms in total. The maximum atomic E-state index is 11.3. The zero-order valence-corrected chi connectivity index (χ0v) is 8.95. The number of hydrogen-bond donors (Lipinski definition) is 1. The number of nitriles is 1. The lowest BCUT2D eigenvalue weighted by Crippen LogP contribution is -2.23. The highest BCUT2D eigenvalue weighted by atomic mass is 16.1. The predicted octanol–water partition coefficient (Wildman–Crippen LogP) is 0.682. The van der Waals surface area contributed by atoms with Gasteiger partial charge in [0.05, 0.1) is 12.5 Å². The van der Waals surface area contributed by atoms with Crippen molar-refractivity contribution in [3.05, 3.63) is 22.2 Å². The van der Waals surface area contributed by atoms with E-state index in [0.717, 1.165) is 0 Å². The minimum absolute atomic E-state index is 0.152. The Morgan fingerprint density at radius 3 is 3.00 bits per heavy atom. The standard InChI is InChI=1S/C10H14N4O/c1-3-8-12-9(7-10(15)13-8)14(2)6-4-5-11/h7H,3-4,6H2,1-2H3,(H,12,13,15). The summed E-state index contributed by atoms with van der Waals surface area (Å²) in [4.78, 5) is 20.0. The molecule has 0 atom stereocenters. The third-order valence-corrected chi connectivity index (χ3v) is 2.06. The fourth-order valence-corrected chi connectivity index (χ4v) is 1.19. The third kappa shape index (κ3) is 3.09. The fourth-order valence-electron chi connectivity index (χ4n) is 1.19. The van der Waals surface area contributed by atoms with E-state index in [0.29, 0.717) is 31.0 Å². The smallest absolute Gasteiger partial charge is 0.252 e. The van der Waals surface area contributed by atoms with Crippen LogP contribution < -0.4 is 10.5 Å². The van der Waals surface area contributed by atoms with Crippen LogP contribution in [0.3, 0.4) is 0 Å². The number of nitrogens with one attached hydrogen (secondary N) is 1. The van der Waals surface area contributed by atoms with Gasteiger partial charge in [-0.25, -0.2) is 4.98 Å². The van der Waals surface area contributed by atoms with E-state index in [-0.39, 0.29) is 5.56 Å². The molecule has 0 fully saturated rings. The summed E-state index contributed by atoms with van der Waals surface area (Å²) in [6.07, 6.45) is 1.11. The molecule has 0 amide bonds. The molecule has 1 rings (SSSR count). The number of hydrogen-bond acceptors (Lipinski definition) is 4. The number of aromatic nitrogens is 2. The minimum atomic E-state index is -0.152. The zero-order valence-electron chi connectivity index (χ0n) is 8.95. The molecule has 0 aliphatic carbocycles. The summed E-state index contributed by atoms with van der Waals surface area (Å²) < 4.78 is 0. The molecule has 1 N–H and O–H groups in total. The van der Waals surface area contributed by atoms with Crippen LogP contribution in [0.1, 0.15) is 19.2 Å². The average molecular weight is 206 g/mol. The maximum absolute atomic E-state index is 11.3. The van der Waals surface area contributed by atoms with Gasteiger partial charge in [-0.1, -0.05) is 6.92 Å². The molecule has 0 bridgehead atoms. The molecule has 0 aliphatic rings. The lowest BCUT2D eigenvalue weighted by molar-refractivity contribution is 0.845. The second-order valence-electron chi connectivity index (χ2n) is 3.23. The van der Waals surface area contributed by atoms with Gasteiger partial charge in [0.1, 0.15) is 11.6 Å². The van der Waals surface area contributed by atoms with Crippen LogP contribution in [0.5, 0.6) is 0 Å². The second kappa shape index (κ2) is 5.15. The molecule has 1 heterocycles. The second-order valence-corrected chi connectivity index (χ2v) is 3.23. The van der Waals surface area contributed by atoms with Crippen molar-refractivity contribution in [2.45, 2.75) is 19.8 Å². The highest BCUT2D eigenvalue weighted by Crippen LogP contribution is 2.05. The lowest BCUT2D eigenvalue weighted by atomic mass is 10.4. The molecule has 0 saturated carbocycles. The van der Waals surface area contributed by atoms with Crippen LogP contribution in [0.4, 0.5) is 5.82 Å². The van der Waals surface area contributed by atoms with Gasteiger partial charge in [0.2, 0.25) is 0 Å². The van der Waals surface area contributed by atoms with E-state index < -0.39 is 0 Å². The monoisotopic (exact) mass is 206 g/mol. The summed E-state index contributed by atoms with van der Waals surface area (Å²) in [5.74, 6) is 1.28. The SMILES string of the molecule is CCc1nc(N(C)CCC#N)cc(=O)[nH]1. The molecule has 80 valence electrons. The predicted molar refractivity (Wildman–Crippen MR) is 57.7 cm³/mol. The van der Waals surface area contributed by atoms with Crippen LogP contribution in [0.15, 0.2) is 10.9 Å². The Morgan fingerprint density at radius 2 is 2.40 bits per heavy atom. The number of rotatable bonds is 4. The molecule has 1 aromatic heterocycles. The first-order valence-corrected chi connectivity index (χ1v) is 4.85. The number of anilines is 1. The average Bonchev–Trinajstić information content (AvgIpc) is 2.24. The number of aromatic amines is 1. The normalized spacial score (nSPS) is 9.67. The molecule has 0 unspecified atom stereocenters. The largest absolute Gasteiger partial charge is 0.358 e. The summed E-state index contributed by atoms with van der Waals surface area (Å²) in [5, 5.41) is 8.45. The first-order valence-electron chi connectivity index (χ1n) is 4.85. The van der Waals surface area contributed by atoms with E-state index in [9.17, 15) is 4.79 Å². The molecule has 0 radical (unpaired) electrons.